The summed E-state index contributed by atoms with van der Waals surface area (Å²) in [5.41, 5.74) is 0.467. The minimum atomic E-state index is 0.467. The first-order valence-corrected chi connectivity index (χ1v) is 5.44. The first kappa shape index (κ1) is 12.5. The Hall–Kier alpha value is -0.520. The summed E-state index contributed by atoms with van der Waals surface area (Å²) in [4.78, 5) is 0. The zero-order chi connectivity index (χ0) is 10.2. The molecule has 0 aromatic carbocycles. The van der Waals surface area contributed by atoms with Crippen LogP contribution in [0.4, 0.5) is 0 Å². The Morgan fingerprint density at radius 1 is 1.00 bits per heavy atom. The summed E-state index contributed by atoms with van der Waals surface area (Å²) >= 11 is 0. The molecule has 0 aromatic rings. The van der Waals surface area contributed by atoms with Crippen LogP contribution in [0, 0.1) is 5.41 Å². The van der Waals surface area contributed by atoms with Gasteiger partial charge in [0.2, 0.25) is 0 Å². The Morgan fingerprint density at radius 3 is 2.15 bits per heavy atom. The smallest absolute Gasteiger partial charge is 0.0296 e. The molecule has 0 saturated heterocycles. The highest BCUT2D eigenvalue weighted by Gasteiger charge is 2.11. The van der Waals surface area contributed by atoms with Gasteiger partial charge in [-0.05, 0) is 18.3 Å². The lowest BCUT2D eigenvalue weighted by Gasteiger charge is -2.19. The topological polar surface area (TPSA) is 0 Å². The molecule has 0 aliphatic rings. The highest BCUT2D eigenvalue weighted by Crippen LogP contribution is 2.24. The molecular weight excluding hydrogens is 156 g/mol. The number of hydrogen-bond donors (Lipinski definition) is 0. The summed E-state index contributed by atoms with van der Waals surface area (Å²) in [5.74, 6) is 0. The third-order valence-corrected chi connectivity index (χ3v) is 2.47. The molecule has 0 unspecified atom stereocenters. The van der Waals surface area contributed by atoms with Crippen molar-refractivity contribution in [3.63, 3.8) is 0 Å². The lowest BCUT2D eigenvalue weighted by molar-refractivity contribution is 0.357. The van der Waals surface area contributed by atoms with Gasteiger partial charge in [-0.15, -0.1) is 0 Å². The van der Waals surface area contributed by atoms with Crippen molar-refractivity contribution >= 4 is 0 Å². The van der Waals surface area contributed by atoms with Gasteiger partial charge in [0.05, 0.1) is 0 Å². The van der Waals surface area contributed by atoms with Crippen LogP contribution in [-0.4, -0.2) is 0 Å². The van der Waals surface area contributed by atoms with Gasteiger partial charge in [-0.25, -0.2) is 0 Å². The number of unbranched alkanes of at least 4 members (excludes halogenated alkanes) is 1. The summed E-state index contributed by atoms with van der Waals surface area (Å²) in [6.07, 6.45) is 13.7. The fourth-order valence-corrected chi connectivity index (χ4v) is 0.951. The van der Waals surface area contributed by atoms with E-state index in [2.05, 4.69) is 52.0 Å². The minimum absolute atomic E-state index is 0.467. The van der Waals surface area contributed by atoms with Crippen molar-refractivity contribution in [2.45, 2.75) is 53.4 Å². The van der Waals surface area contributed by atoms with E-state index in [0.717, 1.165) is 0 Å². The molecule has 0 spiro atoms. The molecule has 0 heteroatoms. The van der Waals surface area contributed by atoms with E-state index in [-0.39, 0.29) is 0 Å². The summed E-state index contributed by atoms with van der Waals surface area (Å²) in [7, 11) is 0. The van der Waals surface area contributed by atoms with Crippen LogP contribution in [0.5, 0.6) is 0 Å². The molecular formula is C13H24. The van der Waals surface area contributed by atoms with E-state index in [9.17, 15) is 0 Å². The van der Waals surface area contributed by atoms with Crippen molar-refractivity contribution in [1.29, 1.82) is 0 Å². The molecule has 0 fully saturated rings. The second-order valence-electron chi connectivity index (χ2n) is 4.37. The van der Waals surface area contributed by atoms with E-state index < -0.39 is 0 Å². The van der Waals surface area contributed by atoms with Gasteiger partial charge < -0.3 is 0 Å². The van der Waals surface area contributed by atoms with Crippen LogP contribution < -0.4 is 0 Å². The lowest BCUT2D eigenvalue weighted by Crippen LogP contribution is -2.06. The summed E-state index contributed by atoms with van der Waals surface area (Å²) in [6.45, 7) is 9.08. The monoisotopic (exact) mass is 180 g/mol. The van der Waals surface area contributed by atoms with Gasteiger partial charge in [0, 0.05) is 0 Å². The Labute approximate surface area is 83.7 Å². The first-order chi connectivity index (χ1) is 6.12. The molecule has 0 nitrogen and oxygen atoms in total. The molecule has 0 aromatic heterocycles. The second-order valence-corrected chi connectivity index (χ2v) is 4.37. The average molecular weight is 180 g/mol. The Kier molecular flexibility index (Phi) is 6.66. The molecule has 0 aliphatic carbocycles. The van der Waals surface area contributed by atoms with E-state index >= 15 is 0 Å². The summed E-state index contributed by atoms with van der Waals surface area (Å²) < 4.78 is 0. The van der Waals surface area contributed by atoms with Gasteiger partial charge in [-0.3, -0.25) is 0 Å². The van der Waals surface area contributed by atoms with Crippen LogP contribution in [0.25, 0.3) is 0 Å². The largest absolute Gasteiger partial charge is 0.0846 e. The Morgan fingerprint density at radius 2 is 1.62 bits per heavy atom. The number of rotatable bonds is 6. The fourth-order valence-electron chi connectivity index (χ4n) is 0.951. The molecule has 0 heterocycles. The summed E-state index contributed by atoms with van der Waals surface area (Å²) in [5, 5.41) is 0. The van der Waals surface area contributed by atoms with Crippen molar-refractivity contribution in [2.75, 3.05) is 0 Å². The highest BCUT2D eigenvalue weighted by atomic mass is 14.2. The third-order valence-electron chi connectivity index (χ3n) is 2.47. The van der Waals surface area contributed by atoms with Gasteiger partial charge in [-0.2, -0.15) is 0 Å². The van der Waals surface area contributed by atoms with Gasteiger partial charge in [-0.1, -0.05) is 64.8 Å². The van der Waals surface area contributed by atoms with E-state index in [1.165, 1.54) is 25.7 Å². The van der Waals surface area contributed by atoms with Crippen molar-refractivity contribution < 1.29 is 0 Å². The SMILES string of the molecule is CCCC=CC=CCC(C)(C)CC. The summed E-state index contributed by atoms with van der Waals surface area (Å²) in [6, 6.07) is 0. The molecule has 0 N–H and O–H groups in total. The van der Waals surface area contributed by atoms with E-state index in [1.807, 2.05) is 0 Å². The van der Waals surface area contributed by atoms with Crippen molar-refractivity contribution in [3.8, 4) is 0 Å². The Balaban J connectivity index is 3.63. The Bertz CT molecular complexity index is 161. The fraction of sp³-hybridized carbons (Fsp3) is 0.692. The molecule has 0 saturated carbocycles. The van der Waals surface area contributed by atoms with E-state index in [0.29, 0.717) is 5.41 Å². The predicted molar refractivity (Wildman–Crippen MR) is 61.9 cm³/mol. The first-order valence-electron chi connectivity index (χ1n) is 5.44. The highest BCUT2D eigenvalue weighted by molar-refractivity contribution is 5.03. The predicted octanol–water partition coefficient (Wildman–Crippen LogP) is 4.73. The zero-order valence-electron chi connectivity index (χ0n) is 9.64. The molecule has 13 heavy (non-hydrogen) atoms. The molecule has 0 radical (unpaired) electrons. The van der Waals surface area contributed by atoms with Gasteiger partial charge in [0.15, 0.2) is 0 Å². The van der Waals surface area contributed by atoms with Crippen LogP contribution in [0.3, 0.4) is 0 Å². The van der Waals surface area contributed by atoms with Crippen LogP contribution >= 0.6 is 0 Å². The van der Waals surface area contributed by atoms with Crippen molar-refractivity contribution in [3.05, 3.63) is 24.3 Å². The molecule has 0 amide bonds. The van der Waals surface area contributed by atoms with Gasteiger partial charge in [0.25, 0.3) is 0 Å². The minimum Gasteiger partial charge on any atom is -0.0846 e. The molecule has 0 bridgehead atoms. The van der Waals surface area contributed by atoms with E-state index in [1.54, 1.807) is 0 Å². The van der Waals surface area contributed by atoms with Gasteiger partial charge >= 0.3 is 0 Å². The quantitative estimate of drug-likeness (QED) is 0.519. The standard InChI is InChI=1S/C13H24/c1-5-7-8-9-10-11-12-13(3,4)6-2/h8-11H,5-7,12H2,1-4H3. The van der Waals surface area contributed by atoms with Crippen LogP contribution in [0.1, 0.15) is 53.4 Å². The van der Waals surface area contributed by atoms with Crippen LogP contribution in [0.2, 0.25) is 0 Å². The number of allylic oxidation sites excluding steroid dienone is 4. The van der Waals surface area contributed by atoms with Crippen LogP contribution in [0.15, 0.2) is 24.3 Å². The van der Waals surface area contributed by atoms with E-state index in [4.69, 9.17) is 0 Å². The van der Waals surface area contributed by atoms with Crippen molar-refractivity contribution in [1.82, 2.24) is 0 Å². The molecule has 76 valence electrons. The normalized spacial score (nSPS) is 13.2. The van der Waals surface area contributed by atoms with Crippen LogP contribution in [-0.2, 0) is 0 Å². The average Bonchev–Trinajstić information content (AvgIpc) is 2.11. The molecule has 0 aliphatic heterocycles. The molecule has 0 rings (SSSR count). The zero-order valence-corrected chi connectivity index (χ0v) is 9.64. The van der Waals surface area contributed by atoms with Crippen molar-refractivity contribution in [2.24, 2.45) is 5.41 Å². The maximum absolute atomic E-state index is 2.31. The van der Waals surface area contributed by atoms with Gasteiger partial charge in [0.1, 0.15) is 0 Å². The maximum atomic E-state index is 2.31. The second kappa shape index (κ2) is 6.94. The number of hydrogen-bond acceptors (Lipinski definition) is 0. The third kappa shape index (κ3) is 7.83. The lowest BCUT2D eigenvalue weighted by atomic mass is 9.86. The molecule has 0 atom stereocenters. The maximum Gasteiger partial charge on any atom is -0.0296 e.